The van der Waals surface area contributed by atoms with Crippen LogP contribution in [0.25, 0.3) is 0 Å². The minimum Gasteiger partial charge on any atom is -0.467 e. The van der Waals surface area contributed by atoms with Gasteiger partial charge in [0.25, 0.3) is 0 Å². The summed E-state index contributed by atoms with van der Waals surface area (Å²) in [5.41, 5.74) is -0.927. The standard InChI is InChI=1S/C20H16F3N5O4S2/c21-20(22,23)11-3-1-4-12(7-11)24-15(29)8-14-17(31)28(9-13-5-2-6-32-13)19(34-14)27-26-18-25-16(30)10-33-18/h1-7,14H,8-10H2,(H,24,29)(H,25,26,30)/b27-19-/t14-/m1/s1. The molecule has 2 aromatic rings. The second kappa shape index (κ2) is 9.93. The van der Waals surface area contributed by atoms with E-state index < -0.39 is 28.8 Å². The van der Waals surface area contributed by atoms with E-state index in [0.29, 0.717) is 5.76 Å². The van der Waals surface area contributed by atoms with Gasteiger partial charge in [0.1, 0.15) is 11.0 Å². The Labute approximate surface area is 199 Å². The highest BCUT2D eigenvalue weighted by Crippen LogP contribution is 2.33. The van der Waals surface area contributed by atoms with E-state index in [4.69, 9.17) is 4.42 Å². The van der Waals surface area contributed by atoms with Gasteiger partial charge in [-0.3, -0.25) is 19.3 Å². The zero-order chi connectivity index (χ0) is 24.3. The molecule has 0 aliphatic carbocycles. The number of hydrogen-bond donors (Lipinski definition) is 2. The molecule has 3 heterocycles. The van der Waals surface area contributed by atoms with Crippen molar-refractivity contribution in [1.82, 2.24) is 10.2 Å². The zero-order valence-corrected chi connectivity index (χ0v) is 18.8. The quantitative estimate of drug-likeness (QED) is 0.575. The number of furan rings is 1. The first kappa shape index (κ1) is 23.9. The van der Waals surface area contributed by atoms with Crippen LogP contribution in [0.3, 0.4) is 0 Å². The molecule has 2 aliphatic rings. The van der Waals surface area contributed by atoms with E-state index in [1.54, 1.807) is 12.1 Å². The van der Waals surface area contributed by atoms with Crippen molar-refractivity contribution in [3.05, 3.63) is 54.0 Å². The van der Waals surface area contributed by atoms with Gasteiger partial charge >= 0.3 is 6.18 Å². The molecule has 0 bridgehead atoms. The molecule has 1 aromatic carbocycles. The molecule has 0 saturated carbocycles. The first-order chi connectivity index (χ1) is 16.2. The number of hydrogen-bond acceptors (Lipinski definition) is 8. The molecule has 2 saturated heterocycles. The van der Waals surface area contributed by atoms with Gasteiger partial charge in [0.2, 0.25) is 17.7 Å². The number of thioether (sulfide) groups is 2. The Balaban J connectivity index is 1.47. The van der Waals surface area contributed by atoms with Crippen LogP contribution in [0.5, 0.6) is 0 Å². The lowest BCUT2D eigenvalue weighted by molar-refractivity contribution is -0.137. The molecule has 2 aliphatic heterocycles. The predicted octanol–water partition coefficient (Wildman–Crippen LogP) is 3.26. The molecule has 2 fully saturated rings. The van der Waals surface area contributed by atoms with Crippen molar-refractivity contribution in [3.8, 4) is 0 Å². The predicted molar refractivity (Wildman–Crippen MR) is 121 cm³/mol. The summed E-state index contributed by atoms with van der Waals surface area (Å²) < 4.78 is 44.0. The molecule has 3 amide bonds. The van der Waals surface area contributed by atoms with Gasteiger partial charge in [-0.05, 0) is 30.3 Å². The summed E-state index contributed by atoms with van der Waals surface area (Å²) in [6.07, 6.45) is -3.39. The van der Waals surface area contributed by atoms with Crippen LogP contribution < -0.4 is 10.6 Å². The van der Waals surface area contributed by atoms with Gasteiger partial charge in [0.15, 0.2) is 10.3 Å². The summed E-state index contributed by atoms with van der Waals surface area (Å²) in [6.45, 7) is 0.0494. The van der Waals surface area contributed by atoms with Crippen molar-refractivity contribution in [2.24, 2.45) is 10.2 Å². The fourth-order valence-electron chi connectivity index (χ4n) is 3.04. The summed E-state index contributed by atoms with van der Waals surface area (Å²) in [5.74, 6) is -0.580. The zero-order valence-electron chi connectivity index (χ0n) is 17.2. The Morgan fingerprint density at radius 3 is 2.74 bits per heavy atom. The lowest BCUT2D eigenvalue weighted by atomic mass is 10.2. The maximum atomic E-state index is 13.0. The number of halogens is 3. The highest BCUT2D eigenvalue weighted by Gasteiger charge is 2.40. The number of carbonyl (C=O) groups is 3. The van der Waals surface area contributed by atoms with Crippen LogP contribution in [0, 0.1) is 0 Å². The molecule has 1 aromatic heterocycles. The summed E-state index contributed by atoms with van der Waals surface area (Å²) in [7, 11) is 0. The Kier molecular flexibility index (Phi) is 6.97. The first-order valence-electron chi connectivity index (χ1n) is 9.75. The van der Waals surface area contributed by atoms with Crippen molar-refractivity contribution >= 4 is 57.3 Å². The van der Waals surface area contributed by atoms with Crippen LogP contribution >= 0.6 is 23.5 Å². The van der Waals surface area contributed by atoms with Gasteiger partial charge in [-0.2, -0.15) is 13.2 Å². The van der Waals surface area contributed by atoms with Gasteiger partial charge in [0.05, 0.1) is 24.1 Å². The monoisotopic (exact) mass is 511 g/mol. The largest absolute Gasteiger partial charge is 0.467 e. The molecule has 0 unspecified atom stereocenters. The first-order valence-corrected chi connectivity index (χ1v) is 11.6. The van der Waals surface area contributed by atoms with E-state index >= 15 is 0 Å². The van der Waals surface area contributed by atoms with Gasteiger partial charge in [0, 0.05) is 12.1 Å². The van der Waals surface area contributed by atoms with Crippen LogP contribution in [-0.2, 0) is 27.1 Å². The molecule has 34 heavy (non-hydrogen) atoms. The maximum Gasteiger partial charge on any atom is 0.416 e. The van der Waals surface area contributed by atoms with Crippen molar-refractivity contribution in [2.45, 2.75) is 24.4 Å². The lowest BCUT2D eigenvalue weighted by Gasteiger charge is -2.14. The molecular formula is C20H16F3N5O4S2. The Morgan fingerprint density at radius 1 is 1.24 bits per heavy atom. The van der Waals surface area contributed by atoms with Crippen LogP contribution in [0.4, 0.5) is 18.9 Å². The highest BCUT2D eigenvalue weighted by atomic mass is 32.2. The highest BCUT2D eigenvalue weighted by molar-refractivity contribution is 8.15. The summed E-state index contributed by atoms with van der Waals surface area (Å²) in [5, 5.41) is 12.6. The smallest absolute Gasteiger partial charge is 0.416 e. The van der Waals surface area contributed by atoms with E-state index in [2.05, 4.69) is 20.8 Å². The minimum absolute atomic E-state index is 0.0306. The van der Waals surface area contributed by atoms with E-state index in [0.717, 1.165) is 35.7 Å². The van der Waals surface area contributed by atoms with Crippen LogP contribution in [-0.4, -0.2) is 44.0 Å². The topological polar surface area (TPSA) is 116 Å². The number of nitrogens with zero attached hydrogens (tertiary/aromatic N) is 3. The van der Waals surface area contributed by atoms with Gasteiger partial charge < -0.3 is 15.1 Å². The van der Waals surface area contributed by atoms with Crippen molar-refractivity contribution in [2.75, 3.05) is 11.1 Å². The number of rotatable bonds is 6. The lowest BCUT2D eigenvalue weighted by Crippen LogP contribution is -2.33. The molecule has 0 spiro atoms. The van der Waals surface area contributed by atoms with Crippen LogP contribution in [0.15, 0.2) is 57.3 Å². The SMILES string of the molecule is O=C1CSC(=N/N=C2\S[C@H](CC(=O)Nc3cccc(C(F)(F)F)c3)C(=O)N2Cc2ccco2)N1. The number of carbonyl (C=O) groups excluding carboxylic acids is 3. The van der Waals surface area contributed by atoms with E-state index in [-0.39, 0.29) is 40.6 Å². The third kappa shape index (κ3) is 5.80. The Hall–Kier alpha value is -3.26. The Bertz CT molecular complexity index is 1170. The minimum atomic E-state index is -4.55. The third-order valence-corrected chi connectivity index (χ3v) is 6.60. The van der Waals surface area contributed by atoms with E-state index in [9.17, 15) is 27.6 Å². The number of amides is 3. The second-order valence-electron chi connectivity index (χ2n) is 7.07. The second-order valence-corrected chi connectivity index (χ2v) is 9.20. The normalized spacial score (nSPS) is 20.9. The summed E-state index contributed by atoms with van der Waals surface area (Å²) in [4.78, 5) is 38.1. The number of benzene rings is 1. The van der Waals surface area contributed by atoms with Crippen molar-refractivity contribution < 1.29 is 32.0 Å². The van der Waals surface area contributed by atoms with Crippen molar-refractivity contribution in [3.63, 3.8) is 0 Å². The van der Waals surface area contributed by atoms with Crippen LogP contribution in [0.1, 0.15) is 17.7 Å². The van der Waals surface area contributed by atoms with Gasteiger partial charge in [-0.1, -0.05) is 29.6 Å². The molecular weight excluding hydrogens is 495 g/mol. The molecule has 9 nitrogen and oxygen atoms in total. The Morgan fingerprint density at radius 2 is 2.06 bits per heavy atom. The average molecular weight is 512 g/mol. The molecule has 4 rings (SSSR count). The number of anilines is 1. The van der Waals surface area contributed by atoms with Gasteiger partial charge in [-0.25, -0.2) is 0 Å². The van der Waals surface area contributed by atoms with Crippen molar-refractivity contribution in [1.29, 1.82) is 0 Å². The van der Waals surface area contributed by atoms with E-state index in [1.165, 1.54) is 23.3 Å². The molecule has 1 atom stereocenters. The van der Waals surface area contributed by atoms with Crippen LogP contribution in [0.2, 0.25) is 0 Å². The molecule has 0 radical (unpaired) electrons. The number of alkyl halides is 3. The number of amidine groups is 2. The molecule has 178 valence electrons. The summed E-state index contributed by atoms with van der Waals surface area (Å²) in [6, 6.07) is 7.56. The molecule has 2 N–H and O–H groups in total. The fourth-order valence-corrected chi connectivity index (χ4v) is 4.75. The third-order valence-electron chi connectivity index (χ3n) is 4.57. The van der Waals surface area contributed by atoms with E-state index in [1.807, 2.05) is 0 Å². The fraction of sp³-hybridized carbons (Fsp3) is 0.250. The summed E-state index contributed by atoms with van der Waals surface area (Å²) >= 11 is 2.16. The van der Waals surface area contributed by atoms with Gasteiger partial charge in [-0.15, -0.1) is 10.2 Å². The number of nitrogens with one attached hydrogen (secondary N) is 2. The maximum absolute atomic E-state index is 13.0. The molecule has 14 heteroatoms. The average Bonchev–Trinajstić information content (AvgIpc) is 3.50.